The van der Waals surface area contributed by atoms with Crippen LogP contribution in [0.25, 0.3) is 27.8 Å². The molecule has 0 bridgehead atoms. The normalized spacial score (nSPS) is 14.4. The fourth-order valence-electron chi connectivity index (χ4n) is 5.08. The summed E-state index contributed by atoms with van der Waals surface area (Å²) in [5.74, 6) is -0.506. The van der Waals surface area contributed by atoms with Crippen LogP contribution in [0.15, 0.2) is 119 Å². The van der Waals surface area contributed by atoms with E-state index >= 15 is 0 Å². The summed E-state index contributed by atoms with van der Waals surface area (Å²) < 4.78 is 35.0. The predicted molar refractivity (Wildman–Crippen MR) is 160 cm³/mol. The maximum absolute atomic E-state index is 13.1. The molecule has 1 N–H and O–H groups in total. The molecule has 2 heterocycles. The molecule has 1 amide bonds. The van der Waals surface area contributed by atoms with Gasteiger partial charge in [-0.05, 0) is 42.0 Å². The van der Waals surface area contributed by atoms with Crippen LogP contribution in [0.1, 0.15) is 15.9 Å². The van der Waals surface area contributed by atoms with Gasteiger partial charge in [-0.25, -0.2) is 13.8 Å². The number of ether oxygens (including phenoxy) is 1. The van der Waals surface area contributed by atoms with Gasteiger partial charge in [-0.3, -0.25) is 4.79 Å². The Labute approximate surface area is 238 Å². The first-order valence-corrected chi connectivity index (χ1v) is 14.7. The molecule has 1 aromatic heterocycles. The Kier molecular flexibility index (Phi) is 7.47. The number of rotatable bonds is 7. The zero-order valence-corrected chi connectivity index (χ0v) is 23.0. The molecule has 1 aliphatic rings. The number of carbonyl (C=O) groups is 1. The molecule has 1 aliphatic heterocycles. The lowest BCUT2D eigenvalue weighted by Gasteiger charge is -2.26. The fraction of sp³-hybridized carbons (Fsp3) is 0.125. The van der Waals surface area contributed by atoms with Crippen molar-refractivity contribution < 1.29 is 17.9 Å². The Balaban J connectivity index is 1.35. The van der Waals surface area contributed by atoms with Crippen LogP contribution in [0.4, 0.5) is 0 Å². The minimum atomic E-state index is -3.73. The van der Waals surface area contributed by atoms with E-state index in [2.05, 4.69) is 33.3 Å². The predicted octanol–water partition coefficient (Wildman–Crippen LogP) is 5.08. The number of nitrogens with one attached hydrogen (secondary N) is 1. The summed E-state index contributed by atoms with van der Waals surface area (Å²) in [5.41, 5.74) is 7.59. The fourth-order valence-corrected chi connectivity index (χ4v) is 6.53. The molecule has 1 fully saturated rings. The van der Waals surface area contributed by atoms with Crippen molar-refractivity contribution in [3.05, 3.63) is 120 Å². The summed E-state index contributed by atoms with van der Waals surface area (Å²) in [6, 6.07) is 34.2. The number of fused-ring (bicyclic) bond motifs is 1. The van der Waals surface area contributed by atoms with Gasteiger partial charge >= 0.3 is 0 Å². The van der Waals surface area contributed by atoms with Crippen LogP contribution in [0.5, 0.6) is 0 Å². The van der Waals surface area contributed by atoms with Crippen LogP contribution in [0, 0.1) is 0 Å². The van der Waals surface area contributed by atoms with Crippen LogP contribution >= 0.6 is 0 Å². The smallest absolute Gasteiger partial charge is 0.271 e. The molecule has 0 saturated carbocycles. The van der Waals surface area contributed by atoms with E-state index in [1.165, 1.54) is 16.4 Å². The first kappa shape index (κ1) is 26.6. The van der Waals surface area contributed by atoms with E-state index in [1.807, 2.05) is 66.7 Å². The number of benzene rings is 4. The van der Waals surface area contributed by atoms with Crippen LogP contribution in [-0.4, -0.2) is 55.7 Å². The van der Waals surface area contributed by atoms with Gasteiger partial charge in [0.15, 0.2) is 0 Å². The number of amides is 1. The first-order chi connectivity index (χ1) is 20.0. The van der Waals surface area contributed by atoms with Gasteiger partial charge in [-0.1, -0.05) is 72.8 Å². The minimum absolute atomic E-state index is 0.0633. The number of para-hydroxylation sites is 2. The second-order valence-electron chi connectivity index (χ2n) is 9.56. The molecule has 4 aromatic carbocycles. The monoisotopic (exact) mass is 564 g/mol. The third-order valence-corrected chi connectivity index (χ3v) is 8.93. The molecular weight excluding hydrogens is 536 g/mol. The number of nitrogens with zero attached hydrogens (tertiary/aromatic N) is 3. The van der Waals surface area contributed by atoms with Gasteiger partial charge in [0.25, 0.3) is 5.91 Å². The minimum Gasteiger partial charge on any atom is -0.379 e. The molecule has 9 heteroatoms. The average Bonchev–Trinajstić information content (AvgIpc) is 3.36. The molecule has 6 rings (SSSR count). The molecule has 0 atom stereocenters. The highest BCUT2D eigenvalue weighted by Gasteiger charge is 2.27. The lowest BCUT2D eigenvalue weighted by Crippen LogP contribution is -2.40. The highest BCUT2D eigenvalue weighted by atomic mass is 32.2. The highest BCUT2D eigenvalue weighted by Crippen LogP contribution is 2.35. The Morgan fingerprint density at radius 3 is 2.27 bits per heavy atom. The maximum atomic E-state index is 13.1. The van der Waals surface area contributed by atoms with Crippen LogP contribution in [0.2, 0.25) is 0 Å². The first-order valence-electron chi connectivity index (χ1n) is 13.3. The number of aromatic nitrogens is 1. The van der Waals surface area contributed by atoms with Crippen LogP contribution in [-0.2, 0) is 14.8 Å². The van der Waals surface area contributed by atoms with E-state index in [4.69, 9.17) is 4.74 Å². The summed E-state index contributed by atoms with van der Waals surface area (Å²) >= 11 is 0. The van der Waals surface area contributed by atoms with E-state index in [0.29, 0.717) is 13.2 Å². The number of hydrogen-bond donors (Lipinski definition) is 1. The summed E-state index contributed by atoms with van der Waals surface area (Å²) in [6.07, 6.45) is 1.65. The largest absolute Gasteiger partial charge is 0.379 e. The quantitative estimate of drug-likeness (QED) is 0.220. The lowest BCUT2D eigenvalue weighted by molar-refractivity contribution is 0.0730. The molecule has 0 radical (unpaired) electrons. The van der Waals surface area contributed by atoms with E-state index in [9.17, 15) is 13.2 Å². The molecule has 206 valence electrons. The van der Waals surface area contributed by atoms with Crippen molar-refractivity contribution in [1.82, 2.24) is 14.3 Å². The van der Waals surface area contributed by atoms with Gasteiger partial charge in [-0.2, -0.15) is 9.41 Å². The highest BCUT2D eigenvalue weighted by molar-refractivity contribution is 7.89. The van der Waals surface area contributed by atoms with Gasteiger partial charge in [-0.15, -0.1) is 0 Å². The summed E-state index contributed by atoms with van der Waals surface area (Å²) in [7, 11) is -3.73. The van der Waals surface area contributed by atoms with Gasteiger partial charge in [0, 0.05) is 35.3 Å². The zero-order valence-electron chi connectivity index (χ0n) is 22.2. The summed E-state index contributed by atoms with van der Waals surface area (Å²) in [4.78, 5) is 13.1. The number of carbonyl (C=O) groups excluding carboxylic acids is 1. The van der Waals surface area contributed by atoms with Gasteiger partial charge < -0.3 is 9.30 Å². The number of hydrogen-bond acceptors (Lipinski definition) is 5. The average molecular weight is 565 g/mol. The van der Waals surface area contributed by atoms with E-state index < -0.39 is 15.9 Å². The second kappa shape index (κ2) is 11.5. The molecular formula is C32H28N4O4S. The lowest BCUT2D eigenvalue weighted by atomic mass is 10.1. The second-order valence-corrected chi connectivity index (χ2v) is 11.5. The van der Waals surface area contributed by atoms with E-state index in [-0.39, 0.29) is 23.5 Å². The molecule has 41 heavy (non-hydrogen) atoms. The molecule has 0 spiro atoms. The van der Waals surface area contributed by atoms with Crippen molar-refractivity contribution in [2.45, 2.75) is 4.90 Å². The van der Waals surface area contributed by atoms with Gasteiger partial charge in [0.05, 0.1) is 35.5 Å². The van der Waals surface area contributed by atoms with Crippen molar-refractivity contribution in [2.24, 2.45) is 5.10 Å². The van der Waals surface area contributed by atoms with Crippen LogP contribution < -0.4 is 5.43 Å². The van der Waals surface area contributed by atoms with Gasteiger partial charge in [0.2, 0.25) is 10.0 Å². The molecule has 1 saturated heterocycles. The maximum Gasteiger partial charge on any atom is 0.271 e. The third kappa shape index (κ3) is 5.30. The zero-order chi connectivity index (χ0) is 28.2. The van der Waals surface area contributed by atoms with Crippen molar-refractivity contribution in [1.29, 1.82) is 0 Å². The number of morpholine rings is 1. The summed E-state index contributed by atoms with van der Waals surface area (Å²) in [6.45, 7) is 1.26. The number of hydrazone groups is 1. The van der Waals surface area contributed by atoms with Gasteiger partial charge in [0.1, 0.15) is 0 Å². The van der Waals surface area contributed by atoms with Crippen molar-refractivity contribution in [3.8, 4) is 16.9 Å². The van der Waals surface area contributed by atoms with Crippen LogP contribution in [0.3, 0.4) is 0 Å². The van der Waals surface area contributed by atoms with Crippen molar-refractivity contribution in [2.75, 3.05) is 26.3 Å². The molecule has 0 aliphatic carbocycles. The standard InChI is InChI=1S/C32H28N4O4S/c37-32(25-12-9-15-27(22-25)41(38,39)35-18-20-40-21-19-35)34-33-23-29-28-16-7-8-17-30(28)36(26-13-5-2-6-14-26)31(29)24-10-3-1-4-11-24/h1-17,22-23H,18-21H2,(H,34,37)/b33-23-. The van der Waals surface area contributed by atoms with E-state index in [0.717, 1.165) is 33.4 Å². The van der Waals surface area contributed by atoms with Crippen molar-refractivity contribution >= 4 is 33.0 Å². The molecule has 8 nitrogen and oxygen atoms in total. The molecule has 5 aromatic rings. The Hall–Kier alpha value is -4.57. The third-order valence-electron chi connectivity index (χ3n) is 7.04. The Morgan fingerprint density at radius 2 is 1.51 bits per heavy atom. The SMILES string of the molecule is O=C(N/N=C\c1c(-c2ccccc2)n(-c2ccccc2)c2ccccc12)c1cccc(S(=O)(=O)N2CCOCC2)c1. The topological polar surface area (TPSA) is 93.0 Å². The Bertz CT molecular complexity index is 1830. The summed E-state index contributed by atoms with van der Waals surface area (Å²) in [5, 5.41) is 5.31. The van der Waals surface area contributed by atoms with E-state index in [1.54, 1.807) is 18.3 Å². The number of sulfonamides is 1. The van der Waals surface area contributed by atoms with Crippen molar-refractivity contribution in [3.63, 3.8) is 0 Å². The Morgan fingerprint density at radius 1 is 0.829 bits per heavy atom. The molecule has 0 unspecified atom stereocenters.